The highest BCUT2D eigenvalue weighted by Gasteiger charge is 2.19. The fourth-order valence-electron chi connectivity index (χ4n) is 2.15. The van der Waals surface area contributed by atoms with Gasteiger partial charge in [-0.25, -0.2) is 4.98 Å². The van der Waals surface area contributed by atoms with Gasteiger partial charge in [0.2, 0.25) is 0 Å². The van der Waals surface area contributed by atoms with E-state index in [0.29, 0.717) is 11.3 Å². The molecule has 7 nitrogen and oxygen atoms in total. The zero-order valence-electron chi connectivity index (χ0n) is 12.7. The molecule has 0 spiro atoms. The number of nitrogen functional groups attached to an aromatic ring is 1. The molecule has 0 radical (unpaired) electrons. The maximum absolute atomic E-state index is 12.6. The quantitative estimate of drug-likeness (QED) is 0.721. The standard InChI is InChI=1S/C15H17ClN4O3/c1-8(2)18-14-15(23)20(7-11(21)22)12(13(16)19-14)9-4-3-5-10(17)6-9/h3-6,8H,7,17H2,1-2H3,(H,18,19)(H,21,22). The minimum absolute atomic E-state index is 0.0129. The molecule has 0 saturated carbocycles. The van der Waals surface area contributed by atoms with Gasteiger partial charge < -0.3 is 16.2 Å². The highest BCUT2D eigenvalue weighted by atomic mass is 35.5. The third-order valence-corrected chi connectivity index (χ3v) is 3.27. The summed E-state index contributed by atoms with van der Waals surface area (Å²) >= 11 is 6.22. The first-order valence-electron chi connectivity index (χ1n) is 6.94. The molecule has 0 aliphatic heterocycles. The molecule has 0 atom stereocenters. The van der Waals surface area contributed by atoms with Crippen LogP contribution in [-0.2, 0) is 11.3 Å². The second kappa shape index (κ2) is 6.70. The predicted octanol–water partition coefficient (Wildman–Crippen LogP) is 2.05. The van der Waals surface area contributed by atoms with Gasteiger partial charge in [-0.15, -0.1) is 0 Å². The molecular weight excluding hydrogens is 320 g/mol. The summed E-state index contributed by atoms with van der Waals surface area (Å²) in [5.41, 5.74) is 6.42. The number of benzene rings is 1. The SMILES string of the molecule is CC(C)Nc1nc(Cl)c(-c2cccc(N)c2)n(CC(=O)O)c1=O. The summed E-state index contributed by atoms with van der Waals surface area (Å²) in [7, 11) is 0. The average Bonchev–Trinajstić information content (AvgIpc) is 2.43. The summed E-state index contributed by atoms with van der Waals surface area (Å²) in [6, 6.07) is 6.61. The number of rotatable bonds is 5. The fraction of sp³-hybridized carbons (Fsp3) is 0.267. The summed E-state index contributed by atoms with van der Waals surface area (Å²) < 4.78 is 1.08. The predicted molar refractivity (Wildman–Crippen MR) is 89.7 cm³/mol. The third kappa shape index (κ3) is 3.81. The Hall–Kier alpha value is -2.54. The zero-order chi connectivity index (χ0) is 17.1. The largest absolute Gasteiger partial charge is 0.480 e. The summed E-state index contributed by atoms with van der Waals surface area (Å²) in [5.74, 6) is -1.14. The number of hydrogen-bond acceptors (Lipinski definition) is 5. The second-order valence-electron chi connectivity index (χ2n) is 5.31. The Morgan fingerprint density at radius 3 is 2.74 bits per heavy atom. The van der Waals surface area contributed by atoms with Crippen LogP contribution in [0.1, 0.15) is 13.8 Å². The third-order valence-electron chi connectivity index (χ3n) is 3.00. The zero-order valence-corrected chi connectivity index (χ0v) is 13.5. The minimum Gasteiger partial charge on any atom is -0.480 e. The number of carboxylic acid groups (broad SMARTS) is 1. The van der Waals surface area contributed by atoms with Crippen molar-refractivity contribution in [2.45, 2.75) is 26.4 Å². The van der Waals surface area contributed by atoms with Crippen LogP contribution in [0.2, 0.25) is 5.15 Å². The van der Waals surface area contributed by atoms with Gasteiger partial charge >= 0.3 is 5.97 Å². The van der Waals surface area contributed by atoms with Gasteiger partial charge in [-0.2, -0.15) is 0 Å². The van der Waals surface area contributed by atoms with E-state index in [0.717, 1.165) is 4.57 Å². The number of aromatic nitrogens is 2. The molecule has 0 unspecified atom stereocenters. The lowest BCUT2D eigenvalue weighted by Gasteiger charge is -2.16. The van der Waals surface area contributed by atoms with Gasteiger partial charge in [-0.05, 0) is 26.0 Å². The van der Waals surface area contributed by atoms with Crippen LogP contribution in [0.15, 0.2) is 29.1 Å². The van der Waals surface area contributed by atoms with E-state index >= 15 is 0 Å². The summed E-state index contributed by atoms with van der Waals surface area (Å²) in [6.07, 6.45) is 0. The van der Waals surface area contributed by atoms with E-state index in [1.165, 1.54) is 0 Å². The number of nitrogens with two attached hydrogens (primary N) is 1. The molecule has 1 heterocycles. The number of halogens is 1. The van der Waals surface area contributed by atoms with Crippen LogP contribution in [0.3, 0.4) is 0 Å². The topological polar surface area (TPSA) is 110 Å². The lowest BCUT2D eigenvalue weighted by atomic mass is 10.1. The first kappa shape index (κ1) is 16.8. The summed E-state index contributed by atoms with van der Waals surface area (Å²) in [6.45, 7) is 3.14. The van der Waals surface area contributed by atoms with Crippen molar-refractivity contribution in [3.63, 3.8) is 0 Å². The number of carbonyl (C=O) groups is 1. The van der Waals surface area contributed by atoms with Gasteiger partial charge in [0.05, 0.1) is 5.69 Å². The van der Waals surface area contributed by atoms with Crippen molar-refractivity contribution in [3.05, 3.63) is 39.8 Å². The number of nitrogens with zero attached hydrogens (tertiary/aromatic N) is 2. The number of anilines is 2. The smallest absolute Gasteiger partial charge is 0.323 e. The maximum atomic E-state index is 12.6. The molecule has 0 bridgehead atoms. The molecule has 8 heteroatoms. The van der Waals surface area contributed by atoms with Crippen molar-refractivity contribution in [2.24, 2.45) is 0 Å². The highest BCUT2D eigenvalue weighted by Crippen LogP contribution is 2.27. The van der Waals surface area contributed by atoms with Crippen molar-refractivity contribution in [1.82, 2.24) is 9.55 Å². The number of hydrogen-bond donors (Lipinski definition) is 3. The van der Waals surface area contributed by atoms with E-state index in [2.05, 4.69) is 10.3 Å². The lowest BCUT2D eigenvalue weighted by molar-refractivity contribution is -0.137. The van der Waals surface area contributed by atoms with E-state index in [9.17, 15) is 9.59 Å². The van der Waals surface area contributed by atoms with Crippen LogP contribution in [0.4, 0.5) is 11.5 Å². The molecule has 0 aliphatic carbocycles. The second-order valence-corrected chi connectivity index (χ2v) is 5.67. The fourth-order valence-corrected chi connectivity index (χ4v) is 2.45. The van der Waals surface area contributed by atoms with Crippen molar-refractivity contribution < 1.29 is 9.90 Å². The van der Waals surface area contributed by atoms with Crippen molar-refractivity contribution >= 4 is 29.1 Å². The average molecular weight is 337 g/mol. The van der Waals surface area contributed by atoms with E-state index < -0.39 is 18.1 Å². The first-order valence-corrected chi connectivity index (χ1v) is 7.32. The Kier molecular flexibility index (Phi) is 4.90. The van der Waals surface area contributed by atoms with Crippen molar-refractivity contribution in [3.8, 4) is 11.3 Å². The molecule has 122 valence electrons. The number of carboxylic acids is 1. The van der Waals surface area contributed by atoms with E-state index in [4.69, 9.17) is 22.4 Å². The van der Waals surface area contributed by atoms with Crippen LogP contribution in [0, 0.1) is 0 Å². The minimum atomic E-state index is -1.16. The molecule has 2 aromatic rings. The molecular formula is C15H17ClN4O3. The molecule has 23 heavy (non-hydrogen) atoms. The summed E-state index contributed by atoms with van der Waals surface area (Å²) in [5, 5.41) is 12.0. The van der Waals surface area contributed by atoms with Gasteiger partial charge in [0.15, 0.2) is 11.0 Å². The van der Waals surface area contributed by atoms with Crippen LogP contribution in [-0.4, -0.2) is 26.7 Å². The van der Waals surface area contributed by atoms with Gasteiger partial charge in [-0.3, -0.25) is 14.2 Å². The monoisotopic (exact) mass is 336 g/mol. The molecule has 0 amide bonds. The van der Waals surface area contributed by atoms with Crippen LogP contribution >= 0.6 is 11.6 Å². The Labute approximate surface area is 137 Å². The van der Waals surface area contributed by atoms with E-state index in [1.54, 1.807) is 24.3 Å². The van der Waals surface area contributed by atoms with Gasteiger partial charge in [0.25, 0.3) is 5.56 Å². The van der Waals surface area contributed by atoms with E-state index in [-0.39, 0.29) is 22.7 Å². The van der Waals surface area contributed by atoms with Crippen molar-refractivity contribution in [1.29, 1.82) is 0 Å². The highest BCUT2D eigenvalue weighted by molar-refractivity contribution is 6.32. The Balaban J connectivity index is 2.72. The maximum Gasteiger partial charge on any atom is 0.323 e. The van der Waals surface area contributed by atoms with Gasteiger partial charge in [0.1, 0.15) is 6.54 Å². The van der Waals surface area contributed by atoms with Gasteiger partial charge in [-0.1, -0.05) is 23.7 Å². The number of nitrogens with one attached hydrogen (secondary N) is 1. The van der Waals surface area contributed by atoms with Crippen molar-refractivity contribution in [2.75, 3.05) is 11.1 Å². The normalized spacial score (nSPS) is 10.8. The molecule has 0 fully saturated rings. The molecule has 1 aromatic carbocycles. The van der Waals surface area contributed by atoms with Crippen LogP contribution in [0.25, 0.3) is 11.3 Å². The molecule has 0 saturated heterocycles. The lowest BCUT2D eigenvalue weighted by Crippen LogP contribution is -2.31. The van der Waals surface area contributed by atoms with E-state index in [1.807, 2.05) is 13.8 Å². The Morgan fingerprint density at radius 2 is 2.17 bits per heavy atom. The molecule has 4 N–H and O–H groups in total. The number of aliphatic carboxylic acids is 1. The van der Waals surface area contributed by atoms with Crippen LogP contribution in [0.5, 0.6) is 0 Å². The molecule has 2 rings (SSSR count). The Bertz CT molecular complexity index is 802. The summed E-state index contributed by atoms with van der Waals surface area (Å²) in [4.78, 5) is 27.8. The molecule has 1 aromatic heterocycles. The first-order chi connectivity index (χ1) is 10.8. The van der Waals surface area contributed by atoms with Crippen LogP contribution < -0.4 is 16.6 Å². The van der Waals surface area contributed by atoms with Gasteiger partial charge in [0, 0.05) is 17.3 Å². The molecule has 0 aliphatic rings. The Morgan fingerprint density at radius 1 is 1.48 bits per heavy atom.